The van der Waals surface area contributed by atoms with Crippen LogP contribution in [-0.2, 0) is 0 Å². The van der Waals surface area contributed by atoms with Crippen molar-refractivity contribution in [1.29, 1.82) is 0 Å². The molecule has 0 saturated heterocycles. The summed E-state index contributed by atoms with van der Waals surface area (Å²) in [4.78, 5) is 12.7. The first-order valence-corrected chi connectivity index (χ1v) is 7.92. The molecule has 1 atom stereocenters. The van der Waals surface area contributed by atoms with Gasteiger partial charge in [-0.15, -0.1) is 0 Å². The largest absolute Gasteiger partial charge is 0.493 e. The molecule has 6 heteroatoms. The van der Waals surface area contributed by atoms with E-state index in [2.05, 4.69) is 0 Å². The summed E-state index contributed by atoms with van der Waals surface area (Å²) < 4.78 is 27.8. The molecule has 2 aliphatic heterocycles. The molecule has 6 nitrogen and oxygen atoms in total. The summed E-state index contributed by atoms with van der Waals surface area (Å²) in [6, 6.07) is 9.06. The first-order valence-electron chi connectivity index (χ1n) is 7.92. The van der Waals surface area contributed by atoms with Crippen LogP contribution in [0.1, 0.15) is 28.4 Å². The van der Waals surface area contributed by atoms with E-state index < -0.39 is 0 Å². The highest BCUT2D eigenvalue weighted by atomic mass is 16.7. The van der Waals surface area contributed by atoms with Crippen LogP contribution in [0.3, 0.4) is 0 Å². The Balaban J connectivity index is 1.60. The maximum Gasteiger partial charge on any atom is 0.231 e. The normalized spacial score (nSPS) is 18.1. The Morgan fingerprint density at radius 1 is 1.12 bits per heavy atom. The average Bonchev–Trinajstić information content (AvgIpc) is 3.29. The summed E-state index contributed by atoms with van der Waals surface area (Å²) in [5.41, 5.74) is 1.96. The molecule has 0 fully saturated rings. The van der Waals surface area contributed by atoms with Crippen LogP contribution in [0.25, 0.3) is 11.0 Å². The summed E-state index contributed by atoms with van der Waals surface area (Å²) in [6.45, 7) is 0.210. The number of hydrogen-bond donors (Lipinski definition) is 0. The quantitative estimate of drug-likeness (QED) is 0.706. The summed E-state index contributed by atoms with van der Waals surface area (Å²) in [5, 5.41) is 0.730. The van der Waals surface area contributed by atoms with Gasteiger partial charge in [0.05, 0.1) is 30.7 Å². The Labute approximate surface area is 142 Å². The third kappa shape index (κ3) is 2.07. The smallest absolute Gasteiger partial charge is 0.231 e. The molecule has 0 saturated carbocycles. The molecule has 0 unspecified atom stereocenters. The first-order chi connectivity index (χ1) is 12.2. The van der Waals surface area contributed by atoms with Gasteiger partial charge in [-0.2, -0.15) is 0 Å². The Kier molecular flexibility index (Phi) is 2.94. The predicted octanol–water partition coefficient (Wildman–Crippen LogP) is 3.88. The molecule has 5 rings (SSSR count). The Hall–Kier alpha value is -3.15. The summed E-state index contributed by atoms with van der Waals surface area (Å²) in [5.74, 6) is 2.43. The van der Waals surface area contributed by atoms with E-state index in [4.69, 9.17) is 23.4 Å². The van der Waals surface area contributed by atoms with Crippen molar-refractivity contribution in [2.45, 2.75) is 12.5 Å². The summed E-state index contributed by atoms with van der Waals surface area (Å²) >= 11 is 0. The van der Waals surface area contributed by atoms with Gasteiger partial charge in [0, 0.05) is 0 Å². The molecule has 2 aromatic carbocycles. The first kappa shape index (κ1) is 14.2. The van der Waals surface area contributed by atoms with Crippen molar-refractivity contribution in [2.24, 2.45) is 0 Å². The van der Waals surface area contributed by atoms with Crippen molar-refractivity contribution in [1.82, 2.24) is 0 Å². The predicted molar refractivity (Wildman–Crippen MR) is 87.6 cm³/mol. The summed E-state index contributed by atoms with van der Waals surface area (Å²) in [7, 11) is 1.55. The number of methoxy groups -OCH3 is 1. The molecule has 0 spiro atoms. The number of hydrogen-bond acceptors (Lipinski definition) is 6. The number of fused-ring (bicyclic) bond motifs is 4. The van der Waals surface area contributed by atoms with Crippen LogP contribution in [-0.4, -0.2) is 19.7 Å². The average molecular weight is 338 g/mol. The lowest BCUT2D eigenvalue weighted by Gasteiger charge is -2.26. The number of Topliss-reactive ketones (excluding diaryl/α,β-unsaturated/α-hetero) is 1. The lowest BCUT2D eigenvalue weighted by atomic mass is 9.94. The number of ether oxygens (including phenoxy) is 4. The van der Waals surface area contributed by atoms with Gasteiger partial charge in [0.1, 0.15) is 11.9 Å². The molecule has 0 aliphatic carbocycles. The van der Waals surface area contributed by atoms with Gasteiger partial charge >= 0.3 is 0 Å². The van der Waals surface area contributed by atoms with Crippen LogP contribution in [0.15, 0.2) is 41.0 Å². The number of carbonyl (C=O) groups is 1. The van der Waals surface area contributed by atoms with E-state index in [1.807, 2.05) is 18.2 Å². The lowest BCUT2D eigenvalue weighted by Crippen LogP contribution is -2.20. The number of benzene rings is 2. The van der Waals surface area contributed by atoms with Crippen molar-refractivity contribution < 1.29 is 28.2 Å². The van der Waals surface area contributed by atoms with Gasteiger partial charge < -0.3 is 23.4 Å². The Bertz CT molecular complexity index is 1000. The highest BCUT2D eigenvalue weighted by Crippen LogP contribution is 2.45. The highest BCUT2D eigenvalue weighted by Gasteiger charge is 2.32. The molecule has 0 N–H and O–H groups in total. The minimum absolute atomic E-state index is 0.00492. The van der Waals surface area contributed by atoms with E-state index in [1.165, 1.54) is 0 Å². The lowest BCUT2D eigenvalue weighted by molar-refractivity contribution is 0.0852. The van der Waals surface area contributed by atoms with Crippen LogP contribution < -0.4 is 18.9 Å². The van der Waals surface area contributed by atoms with E-state index in [-0.39, 0.29) is 25.1 Å². The third-order valence-electron chi connectivity index (χ3n) is 4.57. The van der Waals surface area contributed by atoms with Gasteiger partial charge in [0.25, 0.3) is 0 Å². The van der Waals surface area contributed by atoms with E-state index in [1.54, 1.807) is 25.5 Å². The molecule has 3 heterocycles. The second kappa shape index (κ2) is 5.17. The van der Waals surface area contributed by atoms with Crippen LogP contribution in [0.4, 0.5) is 0 Å². The van der Waals surface area contributed by atoms with Crippen molar-refractivity contribution in [2.75, 3.05) is 13.9 Å². The summed E-state index contributed by atoms with van der Waals surface area (Å²) in [6.07, 6.45) is 1.42. The fourth-order valence-electron chi connectivity index (χ4n) is 3.33. The fourth-order valence-corrected chi connectivity index (χ4v) is 3.33. The second-order valence-corrected chi connectivity index (χ2v) is 5.97. The van der Waals surface area contributed by atoms with Crippen molar-refractivity contribution in [3.05, 3.63) is 47.7 Å². The van der Waals surface area contributed by atoms with Gasteiger partial charge in [-0.05, 0) is 29.8 Å². The zero-order valence-corrected chi connectivity index (χ0v) is 13.4. The Morgan fingerprint density at radius 2 is 2.00 bits per heavy atom. The molecular weight excluding hydrogens is 324 g/mol. The highest BCUT2D eigenvalue weighted by molar-refractivity contribution is 6.07. The monoisotopic (exact) mass is 338 g/mol. The molecule has 0 bridgehead atoms. The van der Waals surface area contributed by atoms with Crippen LogP contribution in [0, 0.1) is 0 Å². The number of carbonyl (C=O) groups excluding carboxylic acids is 1. The minimum atomic E-state index is -0.388. The van der Waals surface area contributed by atoms with Crippen molar-refractivity contribution >= 4 is 16.8 Å². The van der Waals surface area contributed by atoms with E-state index in [9.17, 15) is 4.79 Å². The standard InChI is InChI=1S/C19H14O6/c1-21-17-7-12-13(20)8-15(25-18(12)11-4-5-22-19(11)17)10-2-3-14-16(6-10)24-9-23-14/h2-7,15H,8-9H2,1H3/t15-/m0/s1. The topological polar surface area (TPSA) is 67.1 Å². The zero-order chi connectivity index (χ0) is 17.0. The molecule has 1 aromatic heterocycles. The van der Waals surface area contributed by atoms with E-state index in [0.29, 0.717) is 34.1 Å². The van der Waals surface area contributed by atoms with Gasteiger partial charge in [-0.3, -0.25) is 4.79 Å². The molecule has 25 heavy (non-hydrogen) atoms. The molecule has 126 valence electrons. The van der Waals surface area contributed by atoms with Crippen LogP contribution in [0.5, 0.6) is 23.0 Å². The SMILES string of the molecule is COc1cc2c(c3ccoc13)O[C@H](c1ccc3c(c1)OCO3)CC2=O. The second-order valence-electron chi connectivity index (χ2n) is 5.97. The number of rotatable bonds is 2. The van der Waals surface area contributed by atoms with E-state index >= 15 is 0 Å². The maximum atomic E-state index is 12.7. The molecule has 0 radical (unpaired) electrons. The third-order valence-corrected chi connectivity index (χ3v) is 4.57. The molecule has 0 amide bonds. The van der Waals surface area contributed by atoms with E-state index in [0.717, 1.165) is 10.9 Å². The number of furan rings is 1. The molecular formula is C19H14O6. The zero-order valence-electron chi connectivity index (χ0n) is 13.4. The molecule has 3 aromatic rings. The van der Waals surface area contributed by atoms with Crippen molar-refractivity contribution in [3.63, 3.8) is 0 Å². The number of ketones is 1. The Morgan fingerprint density at radius 3 is 2.88 bits per heavy atom. The fraction of sp³-hybridized carbons (Fsp3) is 0.211. The molecule has 2 aliphatic rings. The van der Waals surface area contributed by atoms with Gasteiger partial charge in [0.15, 0.2) is 28.6 Å². The van der Waals surface area contributed by atoms with Gasteiger partial charge in [0.2, 0.25) is 6.79 Å². The van der Waals surface area contributed by atoms with Crippen LogP contribution >= 0.6 is 0 Å². The van der Waals surface area contributed by atoms with Gasteiger partial charge in [-0.25, -0.2) is 0 Å². The minimum Gasteiger partial charge on any atom is -0.493 e. The maximum absolute atomic E-state index is 12.7. The van der Waals surface area contributed by atoms with Crippen LogP contribution in [0.2, 0.25) is 0 Å². The van der Waals surface area contributed by atoms with Gasteiger partial charge in [-0.1, -0.05) is 6.07 Å². The van der Waals surface area contributed by atoms with Crippen molar-refractivity contribution in [3.8, 4) is 23.0 Å².